The molecule has 0 saturated carbocycles. The molecule has 8 nitrogen and oxygen atoms in total. The minimum Gasteiger partial charge on any atom is -0.340 e. The molecule has 136 valence electrons. The highest BCUT2D eigenvalue weighted by Crippen LogP contribution is 2.22. The molecule has 3 aromatic heterocycles. The van der Waals surface area contributed by atoms with Crippen molar-refractivity contribution in [3.8, 4) is 0 Å². The molecule has 0 atom stereocenters. The van der Waals surface area contributed by atoms with E-state index in [1.165, 1.54) is 18.3 Å². The molecule has 2 N–H and O–H groups in total. The van der Waals surface area contributed by atoms with Crippen LogP contribution in [0.25, 0.3) is 5.65 Å². The first-order valence-electron chi connectivity index (χ1n) is 7.82. The van der Waals surface area contributed by atoms with Crippen LogP contribution < -0.4 is 10.0 Å². The van der Waals surface area contributed by atoms with Gasteiger partial charge in [0.05, 0.1) is 11.1 Å². The summed E-state index contributed by atoms with van der Waals surface area (Å²) in [6.45, 7) is 0. The molecule has 4 aromatic rings. The molecular formula is C17H13ClN6O2S. The molecule has 0 bridgehead atoms. The number of nitrogens with one attached hydrogen (secondary N) is 2. The van der Waals surface area contributed by atoms with Crippen molar-refractivity contribution in [3.63, 3.8) is 0 Å². The standard InChI is InChI=1S/C17H13ClN6O2S/c18-14-11-17(24-16(22-14)8-10-20-24)21-12-4-6-13(7-5-12)27(25,26)23-15-3-1-2-9-19-15/h1-11,21H,(H,19,23). The number of pyridine rings is 1. The van der Waals surface area contributed by atoms with Crippen LogP contribution >= 0.6 is 11.6 Å². The molecule has 0 fully saturated rings. The molecule has 0 aliphatic heterocycles. The second kappa shape index (κ2) is 6.86. The average Bonchev–Trinajstić information content (AvgIpc) is 3.11. The summed E-state index contributed by atoms with van der Waals surface area (Å²) in [6, 6.07) is 14.6. The zero-order chi connectivity index (χ0) is 18.9. The third-order valence-electron chi connectivity index (χ3n) is 3.67. The lowest BCUT2D eigenvalue weighted by molar-refractivity contribution is 0.601. The summed E-state index contributed by atoms with van der Waals surface area (Å²) in [6.07, 6.45) is 3.13. The Labute approximate surface area is 159 Å². The van der Waals surface area contributed by atoms with E-state index in [2.05, 4.69) is 25.1 Å². The summed E-state index contributed by atoms with van der Waals surface area (Å²) < 4.78 is 28.9. The van der Waals surface area contributed by atoms with Crippen LogP contribution in [0.3, 0.4) is 0 Å². The third kappa shape index (κ3) is 3.69. The lowest BCUT2D eigenvalue weighted by atomic mass is 10.3. The summed E-state index contributed by atoms with van der Waals surface area (Å²) >= 11 is 6.02. The summed E-state index contributed by atoms with van der Waals surface area (Å²) in [4.78, 5) is 8.24. The maximum atomic E-state index is 12.4. The predicted octanol–water partition coefficient (Wildman–Crippen LogP) is 3.32. The highest BCUT2D eigenvalue weighted by Gasteiger charge is 2.15. The molecule has 0 aliphatic rings. The fraction of sp³-hybridized carbons (Fsp3) is 0. The first-order chi connectivity index (χ1) is 13.0. The van der Waals surface area contributed by atoms with Crippen molar-refractivity contribution in [1.29, 1.82) is 0 Å². The first-order valence-corrected chi connectivity index (χ1v) is 9.69. The Morgan fingerprint density at radius 1 is 1.00 bits per heavy atom. The van der Waals surface area contributed by atoms with E-state index in [1.54, 1.807) is 53.2 Å². The van der Waals surface area contributed by atoms with Crippen molar-refractivity contribution in [2.45, 2.75) is 4.90 Å². The van der Waals surface area contributed by atoms with Gasteiger partial charge in [-0.15, -0.1) is 0 Å². The topological polar surface area (TPSA) is 101 Å². The second-order valence-corrected chi connectivity index (χ2v) is 7.60. The number of rotatable bonds is 5. The van der Waals surface area contributed by atoms with Gasteiger partial charge in [0, 0.05) is 24.0 Å². The van der Waals surface area contributed by atoms with E-state index in [0.29, 0.717) is 22.3 Å². The number of aromatic nitrogens is 4. The molecule has 1 aromatic carbocycles. The number of fused-ring (bicyclic) bond motifs is 1. The van der Waals surface area contributed by atoms with Crippen LogP contribution in [0, 0.1) is 0 Å². The molecular weight excluding hydrogens is 388 g/mol. The van der Waals surface area contributed by atoms with Crippen molar-refractivity contribution in [2.24, 2.45) is 0 Å². The molecule has 0 unspecified atom stereocenters. The van der Waals surface area contributed by atoms with Gasteiger partial charge in [0.1, 0.15) is 16.8 Å². The fourth-order valence-corrected chi connectivity index (χ4v) is 3.65. The number of sulfonamides is 1. The van der Waals surface area contributed by atoms with Crippen molar-refractivity contribution in [1.82, 2.24) is 19.6 Å². The van der Waals surface area contributed by atoms with E-state index >= 15 is 0 Å². The molecule has 0 spiro atoms. The third-order valence-corrected chi connectivity index (χ3v) is 5.23. The lowest BCUT2D eigenvalue weighted by Crippen LogP contribution is -2.13. The Kier molecular flexibility index (Phi) is 4.38. The van der Waals surface area contributed by atoms with Crippen molar-refractivity contribution < 1.29 is 8.42 Å². The van der Waals surface area contributed by atoms with Gasteiger partial charge in [0.25, 0.3) is 10.0 Å². The van der Waals surface area contributed by atoms with Gasteiger partial charge in [0.15, 0.2) is 5.65 Å². The zero-order valence-corrected chi connectivity index (χ0v) is 15.3. The monoisotopic (exact) mass is 400 g/mol. The molecule has 0 aliphatic carbocycles. The number of anilines is 3. The molecule has 4 rings (SSSR count). The number of halogens is 1. The smallest absolute Gasteiger partial charge is 0.263 e. The zero-order valence-electron chi connectivity index (χ0n) is 13.7. The normalized spacial score (nSPS) is 11.4. The van der Waals surface area contributed by atoms with Gasteiger partial charge in [-0.3, -0.25) is 4.72 Å². The second-order valence-electron chi connectivity index (χ2n) is 5.54. The molecule has 0 amide bonds. The van der Waals surface area contributed by atoms with Crippen LogP contribution in [0.15, 0.2) is 71.9 Å². The van der Waals surface area contributed by atoms with Gasteiger partial charge in [-0.25, -0.2) is 18.4 Å². The minimum absolute atomic E-state index is 0.121. The average molecular weight is 401 g/mol. The molecule has 0 radical (unpaired) electrons. The van der Waals surface area contributed by atoms with Gasteiger partial charge in [0.2, 0.25) is 0 Å². The summed E-state index contributed by atoms with van der Waals surface area (Å²) in [5.41, 5.74) is 1.27. The van der Waals surface area contributed by atoms with Gasteiger partial charge in [-0.05, 0) is 36.4 Å². The Bertz CT molecular complexity index is 1190. The summed E-state index contributed by atoms with van der Waals surface area (Å²) in [5, 5.41) is 7.65. The van der Waals surface area contributed by atoms with Crippen LogP contribution in [0.1, 0.15) is 0 Å². The largest absolute Gasteiger partial charge is 0.340 e. The lowest BCUT2D eigenvalue weighted by Gasteiger charge is -2.10. The maximum absolute atomic E-state index is 12.4. The maximum Gasteiger partial charge on any atom is 0.263 e. The van der Waals surface area contributed by atoms with Crippen LogP contribution in [-0.4, -0.2) is 28.0 Å². The summed E-state index contributed by atoms with van der Waals surface area (Å²) in [7, 11) is -3.72. The molecule has 27 heavy (non-hydrogen) atoms. The van der Waals surface area contributed by atoms with Gasteiger partial charge < -0.3 is 5.32 Å². The Morgan fingerprint density at radius 3 is 2.56 bits per heavy atom. The van der Waals surface area contributed by atoms with Crippen LogP contribution in [-0.2, 0) is 10.0 Å². The van der Waals surface area contributed by atoms with Crippen LogP contribution in [0.2, 0.25) is 5.15 Å². The Morgan fingerprint density at radius 2 is 1.81 bits per heavy atom. The molecule has 0 saturated heterocycles. The van der Waals surface area contributed by atoms with Gasteiger partial charge in [-0.1, -0.05) is 17.7 Å². The Balaban J connectivity index is 1.58. The highest BCUT2D eigenvalue weighted by atomic mass is 35.5. The number of nitrogens with zero attached hydrogens (tertiary/aromatic N) is 4. The van der Waals surface area contributed by atoms with Crippen LogP contribution in [0.5, 0.6) is 0 Å². The fourth-order valence-electron chi connectivity index (χ4n) is 2.46. The van der Waals surface area contributed by atoms with E-state index in [0.717, 1.165) is 0 Å². The van der Waals surface area contributed by atoms with E-state index in [-0.39, 0.29) is 10.7 Å². The number of benzene rings is 1. The van der Waals surface area contributed by atoms with E-state index in [9.17, 15) is 8.42 Å². The quantitative estimate of drug-likeness (QED) is 0.498. The first kappa shape index (κ1) is 17.3. The van der Waals surface area contributed by atoms with Gasteiger partial charge >= 0.3 is 0 Å². The SMILES string of the molecule is O=S(=O)(Nc1ccccn1)c1ccc(Nc2cc(Cl)nc3ccnn23)cc1. The van der Waals surface area contributed by atoms with E-state index in [4.69, 9.17) is 11.6 Å². The Hall–Kier alpha value is -3.17. The highest BCUT2D eigenvalue weighted by molar-refractivity contribution is 7.92. The molecule has 10 heteroatoms. The van der Waals surface area contributed by atoms with E-state index < -0.39 is 10.0 Å². The van der Waals surface area contributed by atoms with Crippen molar-refractivity contribution in [3.05, 3.63) is 72.1 Å². The number of hydrogen-bond acceptors (Lipinski definition) is 6. The number of hydrogen-bond donors (Lipinski definition) is 2. The predicted molar refractivity (Wildman–Crippen MR) is 103 cm³/mol. The van der Waals surface area contributed by atoms with Gasteiger partial charge in [-0.2, -0.15) is 9.61 Å². The van der Waals surface area contributed by atoms with E-state index in [1.807, 2.05) is 0 Å². The minimum atomic E-state index is -3.72. The van der Waals surface area contributed by atoms with Crippen molar-refractivity contribution in [2.75, 3.05) is 10.0 Å². The summed E-state index contributed by atoms with van der Waals surface area (Å²) in [5.74, 6) is 0.865. The van der Waals surface area contributed by atoms with Crippen molar-refractivity contribution >= 4 is 44.6 Å². The van der Waals surface area contributed by atoms with Crippen LogP contribution in [0.4, 0.5) is 17.3 Å². The molecule has 3 heterocycles.